The molecular weight excluding hydrogens is 202 g/mol. The molecule has 0 spiro atoms. The Kier molecular flexibility index (Phi) is 4.52. The zero-order valence-electron chi connectivity index (χ0n) is 10.4. The number of aryl methyl sites for hydroxylation is 1. The van der Waals surface area contributed by atoms with E-state index in [2.05, 4.69) is 10.3 Å². The van der Waals surface area contributed by atoms with Gasteiger partial charge in [-0.3, -0.25) is 4.79 Å². The molecule has 1 amide bonds. The Morgan fingerprint density at radius 2 is 2.25 bits per heavy atom. The normalized spacial score (nSPS) is 11.4. The summed E-state index contributed by atoms with van der Waals surface area (Å²) in [5.41, 5.74) is -0.255. The fraction of sp³-hybridized carbons (Fsp3) is 0.667. The Morgan fingerprint density at radius 3 is 2.81 bits per heavy atom. The number of carbonyl (C=O) groups is 1. The van der Waals surface area contributed by atoms with Crippen LogP contribution in [0, 0.1) is 5.41 Å². The summed E-state index contributed by atoms with van der Waals surface area (Å²) in [6.45, 7) is 7.59. The topological polar surface area (TPSA) is 46.9 Å². The molecular formula is C12H21N3O. The summed E-state index contributed by atoms with van der Waals surface area (Å²) in [5.74, 6) is 0.139. The number of hydrogen-bond acceptors (Lipinski definition) is 2. The second-order valence-corrected chi connectivity index (χ2v) is 4.65. The van der Waals surface area contributed by atoms with Gasteiger partial charge in [-0.25, -0.2) is 4.98 Å². The van der Waals surface area contributed by atoms with Crippen molar-refractivity contribution in [1.82, 2.24) is 14.9 Å². The van der Waals surface area contributed by atoms with Crippen molar-refractivity contribution in [2.75, 3.05) is 6.54 Å². The Labute approximate surface area is 97.1 Å². The minimum Gasteiger partial charge on any atom is -0.356 e. The van der Waals surface area contributed by atoms with Crippen molar-refractivity contribution in [3.8, 4) is 0 Å². The molecule has 4 heteroatoms. The maximum absolute atomic E-state index is 11.7. The first kappa shape index (κ1) is 12.7. The van der Waals surface area contributed by atoms with Crippen LogP contribution in [0.3, 0.4) is 0 Å². The second kappa shape index (κ2) is 5.68. The van der Waals surface area contributed by atoms with Crippen molar-refractivity contribution in [3.63, 3.8) is 0 Å². The van der Waals surface area contributed by atoms with Crippen molar-refractivity contribution in [3.05, 3.63) is 18.7 Å². The Balaban J connectivity index is 2.18. The van der Waals surface area contributed by atoms with Crippen LogP contribution in [0.1, 0.15) is 33.6 Å². The third-order valence-corrected chi connectivity index (χ3v) is 2.94. The van der Waals surface area contributed by atoms with Gasteiger partial charge in [0.1, 0.15) is 0 Å². The number of nitrogens with zero attached hydrogens (tertiary/aromatic N) is 2. The molecule has 0 aromatic carbocycles. The summed E-state index contributed by atoms with van der Waals surface area (Å²) in [6.07, 6.45) is 7.27. The monoisotopic (exact) mass is 223 g/mol. The SMILES string of the molecule is CCC(C)(C)C(=O)NCCCn1ccnc1. The van der Waals surface area contributed by atoms with E-state index in [1.54, 1.807) is 12.5 Å². The molecule has 0 bridgehead atoms. The minimum absolute atomic E-state index is 0.139. The van der Waals surface area contributed by atoms with Gasteiger partial charge in [-0.05, 0) is 12.8 Å². The number of imidazole rings is 1. The van der Waals surface area contributed by atoms with E-state index in [4.69, 9.17) is 0 Å². The highest BCUT2D eigenvalue weighted by Gasteiger charge is 2.24. The van der Waals surface area contributed by atoms with Crippen LogP contribution in [0.2, 0.25) is 0 Å². The number of nitrogens with one attached hydrogen (secondary N) is 1. The Morgan fingerprint density at radius 1 is 1.50 bits per heavy atom. The average Bonchev–Trinajstić information content (AvgIpc) is 2.76. The molecule has 0 saturated carbocycles. The molecule has 0 aliphatic rings. The molecule has 0 radical (unpaired) electrons. The first-order chi connectivity index (χ1) is 7.56. The van der Waals surface area contributed by atoms with E-state index >= 15 is 0 Å². The van der Waals surface area contributed by atoms with Crippen LogP contribution in [0.15, 0.2) is 18.7 Å². The average molecular weight is 223 g/mol. The smallest absolute Gasteiger partial charge is 0.225 e. The zero-order valence-corrected chi connectivity index (χ0v) is 10.4. The second-order valence-electron chi connectivity index (χ2n) is 4.65. The van der Waals surface area contributed by atoms with Crippen LogP contribution in [-0.4, -0.2) is 22.0 Å². The number of amides is 1. The maximum atomic E-state index is 11.7. The quantitative estimate of drug-likeness (QED) is 0.748. The van der Waals surface area contributed by atoms with Gasteiger partial charge in [-0.1, -0.05) is 20.8 Å². The van der Waals surface area contributed by atoms with E-state index < -0.39 is 0 Å². The lowest BCUT2D eigenvalue weighted by Crippen LogP contribution is -2.37. The summed E-state index contributed by atoms with van der Waals surface area (Å²) < 4.78 is 2.01. The molecule has 0 fully saturated rings. The van der Waals surface area contributed by atoms with E-state index in [9.17, 15) is 4.79 Å². The lowest BCUT2D eigenvalue weighted by atomic mass is 9.89. The Bertz CT molecular complexity index is 317. The largest absolute Gasteiger partial charge is 0.356 e. The van der Waals surface area contributed by atoms with E-state index in [0.29, 0.717) is 0 Å². The molecule has 1 heterocycles. The van der Waals surface area contributed by atoms with Crippen LogP contribution in [0.5, 0.6) is 0 Å². The molecule has 4 nitrogen and oxygen atoms in total. The molecule has 90 valence electrons. The lowest BCUT2D eigenvalue weighted by molar-refractivity contribution is -0.129. The van der Waals surface area contributed by atoms with Gasteiger partial charge >= 0.3 is 0 Å². The predicted molar refractivity (Wildman–Crippen MR) is 63.9 cm³/mol. The highest BCUT2D eigenvalue weighted by molar-refractivity contribution is 5.81. The van der Waals surface area contributed by atoms with Gasteiger partial charge in [0.2, 0.25) is 5.91 Å². The van der Waals surface area contributed by atoms with Crippen molar-refractivity contribution < 1.29 is 4.79 Å². The number of aromatic nitrogens is 2. The highest BCUT2D eigenvalue weighted by atomic mass is 16.2. The van der Waals surface area contributed by atoms with Crippen LogP contribution < -0.4 is 5.32 Å². The van der Waals surface area contributed by atoms with E-state index in [1.807, 2.05) is 31.5 Å². The summed E-state index contributed by atoms with van der Waals surface area (Å²) in [5, 5.41) is 2.96. The van der Waals surface area contributed by atoms with Gasteiger partial charge in [0.15, 0.2) is 0 Å². The highest BCUT2D eigenvalue weighted by Crippen LogP contribution is 2.19. The van der Waals surface area contributed by atoms with E-state index in [-0.39, 0.29) is 11.3 Å². The van der Waals surface area contributed by atoms with Gasteiger partial charge in [0.05, 0.1) is 6.33 Å². The molecule has 1 aromatic heterocycles. The molecule has 1 aromatic rings. The molecule has 0 aliphatic carbocycles. The molecule has 0 saturated heterocycles. The van der Waals surface area contributed by atoms with Gasteiger partial charge < -0.3 is 9.88 Å². The maximum Gasteiger partial charge on any atom is 0.225 e. The van der Waals surface area contributed by atoms with Gasteiger partial charge in [0.25, 0.3) is 0 Å². The van der Waals surface area contributed by atoms with Crippen LogP contribution in [-0.2, 0) is 11.3 Å². The third kappa shape index (κ3) is 3.68. The van der Waals surface area contributed by atoms with Gasteiger partial charge in [0, 0.05) is 30.9 Å². The summed E-state index contributed by atoms with van der Waals surface area (Å²) in [6, 6.07) is 0. The Hall–Kier alpha value is -1.32. The number of rotatable bonds is 6. The predicted octanol–water partition coefficient (Wildman–Crippen LogP) is 1.83. The zero-order chi connectivity index (χ0) is 12.0. The lowest BCUT2D eigenvalue weighted by Gasteiger charge is -2.21. The first-order valence-corrected chi connectivity index (χ1v) is 5.80. The van der Waals surface area contributed by atoms with Crippen molar-refractivity contribution in [2.24, 2.45) is 5.41 Å². The number of carbonyl (C=O) groups excluding carboxylic acids is 1. The number of hydrogen-bond donors (Lipinski definition) is 1. The summed E-state index contributed by atoms with van der Waals surface area (Å²) in [4.78, 5) is 15.7. The molecule has 0 unspecified atom stereocenters. The van der Waals surface area contributed by atoms with E-state index in [0.717, 1.165) is 25.9 Å². The fourth-order valence-electron chi connectivity index (χ4n) is 1.28. The van der Waals surface area contributed by atoms with Gasteiger partial charge in [-0.15, -0.1) is 0 Å². The van der Waals surface area contributed by atoms with E-state index in [1.165, 1.54) is 0 Å². The van der Waals surface area contributed by atoms with Crippen LogP contribution >= 0.6 is 0 Å². The van der Waals surface area contributed by atoms with Crippen molar-refractivity contribution >= 4 is 5.91 Å². The van der Waals surface area contributed by atoms with Gasteiger partial charge in [-0.2, -0.15) is 0 Å². The fourth-order valence-corrected chi connectivity index (χ4v) is 1.28. The standard InChI is InChI=1S/C12H21N3O/c1-4-12(2,3)11(16)14-6-5-8-15-9-7-13-10-15/h7,9-10H,4-6,8H2,1-3H3,(H,14,16). The summed E-state index contributed by atoms with van der Waals surface area (Å²) >= 11 is 0. The molecule has 1 rings (SSSR count). The molecule has 16 heavy (non-hydrogen) atoms. The minimum atomic E-state index is -0.255. The summed E-state index contributed by atoms with van der Waals surface area (Å²) in [7, 11) is 0. The molecule has 0 aliphatic heterocycles. The molecule has 1 N–H and O–H groups in total. The van der Waals surface area contributed by atoms with Crippen LogP contribution in [0.25, 0.3) is 0 Å². The molecule has 0 atom stereocenters. The van der Waals surface area contributed by atoms with Crippen molar-refractivity contribution in [1.29, 1.82) is 0 Å². The third-order valence-electron chi connectivity index (χ3n) is 2.94. The van der Waals surface area contributed by atoms with Crippen molar-refractivity contribution in [2.45, 2.75) is 40.2 Å². The first-order valence-electron chi connectivity index (χ1n) is 5.80. The van der Waals surface area contributed by atoms with Crippen LogP contribution in [0.4, 0.5) is 0 Å².